The summed E-state index contributed by atoms with van der Waals surface area (Å²) < 4.78 is 0. The maximum atomic E-state index is 6.26. The van der Waals surface area contributed by atoms with Crippen molar-refractivity contribution in [3.8, 4) is 45.0 Å². The van der Waals surface area contributed by atoms with Crippen LogP contribution < -0.4 is 11.5 Å². The Labute approximate surface area is 231 Å². The summed E-state index contributed by atoms with van der Waals surface area (Å²) >= 11 is 0. The molecule has 0 unspecified atom stereocenters. The highest BCUT2D eigenvalue weighted by Gasteiger charge is 2.17. The summed E-state index contributed by atoms with van der Waals surface area (Å²) in [6.45, 7) is 0. The van der Waals surface area contributed by atoms with Crippen LogP contribution in [-0.4, -0.2) is 19.9 Å². The Morgan fingerprint density at radius 3 is 1.07 bits per heavy atom. The van der Waals surface area contributed by atoms with Crippen LogP contribution in [-0.2, 0) is 0 Å². The van der Waals surface area contributed by atoms with Crippen molar-refractivity contribution in [1.82, 2.24) is 19.9 Å². The first-order chi connectivity index (χ1) is 19.7. The van der Waals surface area contributed by atoms with Crippen LogP contribution in [0, 0.1) is 0 Å². The molecule has 0 atom stereocenters. The second-order valence-electron chi connectivity index (χ2n) is 9.58. The largest absolute Gasteiger partial charge is 0.397 e. The van der Waals surface area contributed by atoms with E-state index < -0.39 is 0 Å². The zero-order valence-corrected chi connectivity index (χ0v) is 21.5. The van der Waals surface area contributed by atoms with E-state index in [9.17, 15) is 0 Å². The SMILES string of the molecule is Nc1cccc2nc(-c3ccc(-c4nc5cccc(N)c5nc4-c4ccccc4)cc3)c(-c3ccccc3)nc12. The van der Waals surface area contributed by atoms with Gasteiger partial charge in [0.25, 0.3) is 0 Å². The first-order valence-corrected chi connectivity index (χ1v) is 13.0. The summed E-state index contributed by atoms with van der Waals surface area (Å²) in [5, 5.41) is 0. The highest BCUT2D eigenvalue weighted by Crippen LogP contribution is 2.36. The lowest BCUT2D eigenvalue weighted by molar-refractivity contribution is 1.28. The van der Waals surface area contributed by atoms with Crippen molar-refractivity contribution in [1.29, 1.82) is 0 Å². The van der Waals surface area contributed by atoms with Gasteiger partial charge in [-0.3, -0.25) is 0 Å². The summed E-state index contributed by atoms with van der Waals surface area (Å²) in [7, 11) is 0. The number of para-hydroxylation sites is 2. The molecule has 0 aliphatic heterocycles. The lowest BCUT2D eigenvalue weighted by Crippen LogP contribution is -1.99. The molecule has 0 fully saturated rings. The average Bonchev–Trinajstić information content (AvgIpc) is 3.01. The third-order valence-corrected chi connectivity index (χ3v) is 6.98. The molecule has 5 aromatic carbocycles. The molecule has 6 nitrogen and oxygen atoms in total. The smallest absolute Gasteiger partial charge is 0.112 e. The standard InChI is InChI=1S/C34H24N6/c35-25-13-7-15-27-33(25)39-31(21-9-3-1-4-10-21)29(37-27)23-17-19-24(20-18-23)30-32(22-11-5-2-6-12-22)40-34-26(36)14-8-16-28(34)38-30/h1-20H,35-36H2. The second kappa shape index (κ2) is 9.60. The van der Waals surface area contributed by atoms with Crippen LogP contribution in [0.15, 0.2) is 121 Å². The van der Waals surface area contributed by atoms with E-state index >= 15 is 0 Å². The Balaban J connectivity index is 1.40. The van der Waals surface area contributed by atoms with Crippen LogP contribution in [0.2, 0.25) is 0 Å². The van der Waals surface area contributed by atoms with Gasteiger partial charge in [0.15, 0.2) is 0 Å². The number of nitrogens with zero attached hydrogens (tertiary/aromatic N) is 4. The minimum Gasteiger partial charge on any atom is -0.397 e. The van der Waals surface area contributed by atoms with Gasteiger partial charge in [-0.25, -0.2) is 19.9 Å². The van der Waals surface area contributed by atoms with Crippen LogP contribution in [0.4, 0.5) is 11.4 Å². The molecule has 7 aromatic rings. The van der Waals surface area contributed by atoms with Crippen molar-refractivity contribution in [2.45, 2.75) is 0 Å². The predicted octanol–water partition coefficient (Wildman–Crippen LogP) is 7.41. The van der Waals surface area contributed by atoms with Crippen molar-refractivity contribution in [2.75, 3.05) is 11.5 Å². The van der Waals surface area contributed by atoms with Gasteiger partial charge in [0.05, 0.1) is 45.2 Å². The molecule has 0 amide bonds. The minimum absolute atomic E-state index is 0.605. The van der Waals surface area contributed by atoms with Crippen LogP contribution in [0.1, 0.15) is 0 Å². The second-order valence-corrected chi connectivity index (χ2v) is 9.58. The van der Waals surface area contributed by atoms with Crippen LogP contribution >= 0.6 is 0 Å². The van der Waals surface area contributed by atoms with Crippen molar-refractivity contribution in [2.24, 2.45) is 0 Å². The van der Waals surface area contributed by atoms with Gasteiger partial charge in [-0.15, -0.1) is 0 Å². The molecular formula is C34H24N6. The van der Waals surface area contributed by atoms with E-state index in [1.54, 1.807) is 0 Å². The number of anilines is 2. The molecule has 6 heteroatoms. The molecule has 0 saturated heterocycles. The average molecular weight is 517 g/mol. The topological polar surface area (TPSA) is 104 Å². The van der Waals surface area contributed by atoms with Gasteiger partial charge < -0.3 is 11.5 Å². The summed E-state index contributed by atoms with van der Waals surface area (Å²) in [5.74, 6) is 0. The molecule has 190 valence electrons. The molecule has 0 aliphatic rings. The van der Waals surface area contributed by atoms with Gasteiger partial charge in [-0.05, 0) is 24.3 Å². The van der Waals surface area contributed by atoms with E-state index in [2.05, 4.69) is 24.3 Å². The molecule has 0 aliphatic carbocycles. The van der Waals surface area contributed by atoms with Crippen LogP contribution in [0.3, 0.4) is 0 Å². The van der Waals surface area contributed by atoms with Gasteiger partial charge in [-0.1, -0.05) is 97.1 Å². The van der Waals surface area contributed by atoms with E-state index in [1.165, 1.54) is 0 Å². The third kappa shape index (κ3) is 4.08. The van der Waals surface area contributed by atoms with Gasteiger partial charge in [0.2, 0.25) is 0 Å². The molecule has 7 rings (SSSR count). The molecule has 0 saturated carbocycles. The first kappa shape index (κ1) is 23.5. The summed E-state index contributed by atoms with van der Waals surface area (Å²) in [6, 6.07) is 39.7. The van der Waals surface area contributed by atoms with E-state index in [0.29, 0.717) is 22.4 Å². The number of hydrogen-bond acceptors (Lipinski definition) is 6. The van der Waals surface area contributed by atoms with E-state index in [-0.39, 0.29) is 0 Å². The quantitative estimate of drug-likeness (QED) is 0.236. The monoisotopic (exact) mass is 516 g/mol. The third-order valence-electron chi connectivity index (χ3n) is 6.98. The zero-order valence-electron chi connectivity index (χ0n) is 21.5. The fourth-order valence-corrected chi connectivity index (χ4v) is 4.98. The Kier molecular flexibility index (Phi) is 5.64. The normalized spacial score (nSPS) is 11.2. The molecule has 2 heterocycles. The molecular weight excluding hydrogens is 492 g/mol. The van der Waals surface area contributed by atoms with Gasteiger partial charge in [-0.2, -0.15) is 0 Å². The first-order valence-electron chi connectivity index (χ1n) is 13.0. The molecule has 0 radical (unpaired) electrons. The van der Waals surface area contributed by atoms with E-state index in [0.717, 1.165) is 56.1 Å². The molecule has 0 spiro atoms. The van der Waals surface area contributed by atoms with E-state index in [1.807, 2.05) is 97.1 Å². The maximum Gasteiger partial charge on any atom is 0.112 e. The number of benzene rings is 5. The Morgan fingerprint density at radius 1 is 0.325 bits per heavy atom. The van der Waals surface area contributed by atoms with E-state index in [4.69, 9.17) is 31.4 Å². The lowest BCUT2D eigenvalue weighted by atomic mass is 9.99. The number of fused-ring (bicyclic) bond motifs is 2. The highest BCUT2D eigenvalue weighted by molar-refractivity contribution is 5.94. The Hall–Kier alpha value is -5.62. The molecule has 40 heavy (non-hydrogen) atoms. The number of nitrogens with two attached hydrogens (primary N) is 2. The molecule has 0 bridgehead atoms. The summed E-state index contributed by atoms with van der Waals surface area (Å²) in [4.78, 5) is 20.0. The van der Waals surface area contributed by atoms with Gasteiger partial charge >= 0.3 is 0 Å². The molecule has 4 N–H and O–H groups in total. The molecule has 2 aromatic heterocycles. The van der Waals surface area contributed by atoms with Gasteiger partial charge in [0, 0.05) is 22.3 Å². The van der Waals surface area contributed by atoms with Gasteiger partial charge in [0.1, 0.15) is 11.0 Å². The fraction of sp³-hybridized carbons (Fsp3) is 0. The fourth-order valence-electron chi connectivity index (χ4n) is 4.98. The zero-order chi connectivity index (χ0) is 27.1. The number of nitrogen functional groups attached to an aromatic ring is 2. The number of aromatic nitrogens is 4. The minimum atomic E-state index is 0.605. The van der Waals surface area contributed by atoms with Crippen molar-refractivity contribution in [3.63, 3.8) is 0 Å². The van der Waals surface area contributed by atoms with Crippen molar-refractivity contribution < 1.29 is 0 Å². The Morgan fingerprint density at radius 2 is 0.675 bits per heavy atom. The maximum absolute atomic E-state index is 6.26. The predicted molar refractivity (Wildman–Crippen MR) is 163 cm³/mol. The van der Waals surface area contributed by atoms with Crippen LogP contribution in [0.25, 0.3) is 67.1 Å². The highest BCUT2D eigenvalue weighted by atomic mass is 14.9. The summed E-state index contributed by atoms with van der Waals surface area (Å²) in [5.41, 5.74) is 23.6. The van der Waals surface area contributed by atoms with Crippen molar-refractivity contribution >= 4 is 33.4 Å². The number of hydrogen-bond donors (Lipinski definition) is 2. The lowest BCUT2D eigenvalue weighted by Gasteiger charge is -2.14. The van der Waals surface area contributed by atoms with Crippen LogP contribution in [0.5, 0.6) is 0 Å². The Bertz CT molecular complexity index is 1860. The number of rotatable bonds is 4. The summed E-state index contributed by atoms with van der Waals surface area (Å²) in [6.07, 6.45) is 0. The van der Waals surface area contributed by atoms with Crippen molar-refractivity contribution in [3.05, 3.63) is 121 Å².